The van der Waals surface area contributed by atoms with Crippen molar-refractivity contribution in [3.05, 3.63) is 64.6 Å². The van der Waals surface area contributed by atoms with Crippen LogP contribution in [0, 0.1) is 6.92 Å². The number of hydrogen-bond acceptors (Lipinski definition) is 5. The van der Waals surface area contributed by atoms with Crippen LogP contribution in [-0.4, -0.2) is 43.5 Å². The minimum absolute atomic E-state index is 0.0489. The Morgan fingerprint density at radius 3 is 3.03 bits per heavy atom. The lowest BCUT2D eigenvalue weighted by Gasteiger charge is -2.32. The largest absolute Gasteiger partial charge is 0.338 e. The summed E-state index contributed by atoms with van der Waals surface area (Å²) in [5.74, 6) is 1.10. The van der Waals surface area contributed by atoms with Gasteiger partial charge in [0, 0.05) is 42.0 Å². The Hall–Kier alpha value is -3.13. The zero-order chi connectivity index (χ0) is 21.4. The van der Waals surface area contributed by atoms with Gasteiger partial charge in [0.15, 0.2) is 0 Å². The fraction of sp³-hybridized carbons (Fsp3) is 0.348. The highest BCUT2D eigenvalue weighted by Gasteiger charge is 2.30. The maximum Gasteiger partial charge on any atom is 0.257 e. The summed E-state index contributed by atoms with van der Waals surface area (Å²) < 4.78 is 2.13. The van der Waals surface area contributed by atoms with Crippen molar-refractivity contribution in [1.29, 1.82) is 0 Å². The van der Waals surface area contributed by atoms with E-state index >= 15 is 0 Å². The molecule has 1 aliphatic heterocycles. The summed E-state index contributed by atoms with van der Waals surface area (Å²) in [5, 5.41) is 12.5. The predicted octanol–water partition coefficient (Wildman–Crippen LogP) is 4.75. The van der Waals surface area contributed by atoms with Gasteiger partial charge in [0.2, 0.25) is 5.95 Å². The Kier molecular flexibility index (Phi) is 5.23. The molecular formula is C23H26N6OS. The predicted molar refractivity (Wildman–Crippen MR) is 123 cm³/mol. The van der Waals surface area contributed by atoms with Crippen LogP contribution in [-0.2, 0) is 6.42 Å². The molecule has 5 rings (SSSR count). The van der Waals surface area contributed by atoms with Gasteiger partial charge in [-0.3, -0.25) is 14.3 Å². The van der Waals surface area contributed by atoms with Crippen LogP contribution in [0.5, 0.6) is 0 Å². The maximum absolute atomic E-state index is 13.0. The summed E-state index contributed by atoms with van der Waals surface area (Å²) in [6.07, 6.45) is 6.65. The second kappa shape index (κ2) is 8.19. The Bertz CT molecular complexity index is 1220. The minimum Gasteiger partial charge on any atom is -0.338 e. The number of amides is 1. The average molecular weight is 435 g/mol. The molecule has 1 amide bonds. The Morgan fingerprint density at radius 2 is 2.23 bits per heavy atom. The first kappa shape index (κ1) is 19.8. The number of nitrogens with one attached hydrogen (secondary N) is 2. The molecule has 3 aromatic heterocycles. The normalized spacial score (nSPS) is 16.7. The van der Waals surface area contributed by atoms with Crippen molar-refractivity contribution < 1.29 is 4.79 Å². The molecular weight excluding hydrogens is 408 g/mol. The number of rotatable bonds is 5. The highest BCUT2D eigenvalue weighted by atomic mass is 32.1. The molecule has 1 atom stereocenters. The van der Waals surface area contributed by atoms with E-state index in [1.807, 2.05) is 17.9 Å². The number of aryl methyl sites for hydroxylation is 2. The quantitative estimate of drug-likeness (QED) is 0.475. The molecule has 0 spiro atoms. The van der Waals surface area contributed by atoms with Crippen molar-refractivity contribution in [2.75, 3.05) is 18.4 Å². The van der Waals surface area contributed by atoms with Crippen LogP contribution >= 0.6 is 11.3 Å². The molecule has 1 saturated heterocycles. The molecule has 31 heavy (non-hydrogen) atoms. The number of thiazole rings is 1. The number of anilines is 2. The third kappa shape index (κ3) is 3.61. The topological polar surface area (TPSA) is 78.3 Å². The second-order valence-corrected chi connectivity index (χ2v) is 8.93. The fourth-order valence-corrected chi connectivity index (χ4v) is 5.30. The highest BCUT2D eigenvalue weighted by Crippen LogP contribution is 2.35. The van der Waals surface area contributed by atoms with Gasteiger partial charge in [-0.15, -0.1) is 11.3 Å². The third-order valence-corrected chi connectivity index (χ3v) is 6.97. The van der Waals surface area contributed by atoms with E-state index in [9.17, 15) is 4.79 Å². The van der Waals surface area contributed by atoms with E-state index in [1.54, 1.807) is 17.5 Å². The lowest BCUT2D eigenvalue weighted by molar-refractivity contribution is 0.0706. The SMILES string of the molecule is CCc1ccccc1Nc1nc([C@@H]2CCCN(C(=O)c3cn[nH]c3C)C2)c2sccn12. The van der Waals surface area contributed by atoms with E-state index in [2.05, 4.69) is 56.6 Å². The molecule has 4 aromatic rings. The second-order valence-electron chi connectivity index (χ2n) is 8.03. The van der Waals surface area contributed by atoms with Crippen LogP contribution in [0.4, 0.5) is 11.6 Å². The Morgan fingerprint density at radius 1 is 1.35 bits per heavy atom. The summed E-state index contributed by atoms with van der Waals surface area (Å²) in [6.45, 7) is 5.50. The summed E-state index contributed by atoms with van der Waals surface area (Å²) in [4.78, 5) is 21.1. The van der Waals surface area contributed by atoms with Crippen molar-refractivity contribution in [1.82, 2.24) is 24.5 Å². The smallest absolute Gasteiger partial charge is 0.257 e. The van der Waals surface area contributed by atoms with Crippen LogP contribution in [0.25, 0.3) is 4.83 Å². The number of nitrogens with zero attached hydrogens (tertiary/aromatic N) is 4. The molecule has 0 bridgehead atoms. The van der Waals surface area contributed by atoms with Gasteiger partial charge in [0.25, 0.3) is 5.91 Å². The Balaban J connectivity index is 1.43. The molecule has 4 heterocycles. The van der Waals surface area contributed by atoms with Crippen LogP contribution in [0.3, 0.4) is 0 Å². The van der Waals surface area contributed by atoms with E-state index in [0.717, 1.165) is 53.7 Å². The molecule has 8 heteroatoms. The highest BCUT2D eigenvalue weighted by molar-refractivity contribution is 7.15. The van der Waals surface area contributed by atoms with Crippen molar-refractivity contribution in [2.24, 2.45) is 0 Å². The van der Waals surface area contributed by atoms with Crippen LogP contribution in [0.2, 0.25) is 0 Å². The number of H-pyrrole nitrogens is 1. The van der Waals surface area contributed by atoms with Crippen molar-refractivity contribution in [2.45, 2.75) is 39.0 Å². The maximum atomic E-state index is 13.0. The average Bonchev–Trinajstić information content (AvgIpc) is 3.52. The van der Waals surface area contributed by atoms with E-state index in [1.165, 1.54) is 5.56 Å². The number of imidazole rings is 1. The number of piperidine rings is 1. The first-order chi connectivity index (χ1) is 15.2. The molecule has 1 aromatic carbocycles. The molecule has 0 unspecified atom stereocenters. The zero-order valence-corrected chi connectivity index (χ0v) is 18.6. The molecule has 160 valence electrons. The molecule has 0 radical (unpaired) electrons. The fourth-order valence-electron chi connectivity index (χ4n) is 4.39. The Labute approximate surface area is 185 Å². The number of carbonyl (C=O) groups excluding carboxylic acids is 1. The molecule has 0 saturated carbocycles. The van der Waals surface area contributed by atoms with Crippen LogP contribution in [0.1, 0.15) is 53.0 Å². The van der Waals surface area contributed by atoms with Gasteiger partial charge in [-0.25, -0.2) is 4.98 Å². The van der Waals surface area contributed by atoms with Gasteiger partial charge in [-0.05, 0) is 37.8 Å². The first-order valence-electron chi connectivity index (χ1n) is 10.7. The van der Waals surface area contributed by atoms with Crippen molar-refractivity contribution in [3.8, 4) is 0 Å². The van der Waals surface area contributed by atoms with Crippen molar-refractivity contribution >= 4 is 33.7 Å². The van der Waals surface area contributed by atoms with E-state index in [0.29, 0.717) is 12.1 Å². The van der Waals surface area contributed by atoms with E-state index in [4.69, 9.17) is 4.98 Å². The number of fused-ring (bicyclic) bond motifs is 1. The standard InChI is InChI=1S/C23H26N6OS/c1-3-16-7-4-5-9-19(16)25-23-26-20(22-29(23)11-12-31-22)17-8-6-10-28(14-17)21(30)18-13-24-27-15(18)2/h4-5,7,9,11-13,17H,3,6,8,10,14H2,1-2H3,(H,24,27)(H,25,26)/t17-/m1/s1. The van der Waals surface area contributed by atoms with Gasteiger partial charge < -0.3 is 10.2 Å². The summed E-state index contributed by atoms with van der Waals surface area (Å²) in [5.41, 5.74) is 4.90. The molecule has 1 aliphatic rings. The van der Waals surface area contributed by atoms with Gasteiger partial charge in [0.05, 0.1) is 17.5 Å². The molecule has 7 nitrogen and oxygen atoms in total. The van der Waals surface area contributed by atoms with Gasteiger partial charge in [-0.2, -0.15) is 5.10 Å². The lowest BCUT2D eigenvalue weighted by atomic mass is 9.94. The van der Waals surface area contributed by atoms with Gasteiger partial charge in [-0.1, -0.05) is 25.1 Å². The van der Waals surface area contributed by atoms with Crippen molar-refractivity contribution in [3.63, 3.8) is 0 Å². The van der Waals surface area contributed by atoms with E-state index < -0.39 is 0 Å². The summed E-state index contributed by atoms with van der Waals surface area (Å²) in [6, 6.07) is 8.35. The number of para-hydroxylation sites is 1. The number of hydrogen-bond donors (Lipinski definition) is 2. The van der Waals surface area contributed by atoms with Gasteiger partial charge in [0.1, 0.15) is 4.83 Å². The molecule has 0 aliphatic carbocycles. The molecule has 1 fully saturated rings. The van der Waals surface area contributed by atoms with Crippen LogP contribution in [0.15, 0.2) is 42.0 Å². The summed E-state index contributed by atoms with van der Waals surface area (Å²) >= 11 is 1.70. The number of benzene rings is 1. The molecule has 2 N–H and O–H groups in total. The number of aromatic nitrogens is 4. The van der Waals surface area contributed by atoms with Gasteiger partial charge >= 0.3 is 0 Å². The zero-order valence-electron chi connectivity index (χ0n) is 17.8. The summed E-state index contributed by atoms with van der Waals surface area (Å²) in [7, 11) is 0. The van der Waals surface area contributed by atoms with Crippen LogP contribution < -0.4 is 5.32 Å². The monoisotopic (exact) mass is 434 g/mol. The number of carbonyl (C=O) groups is 1. The minimum atomic E-state index is 0.0489. The lowest BCUT2D eigenvalue weighted by Crippen LogP contribution is -2.39. The van der Waals surface area contributed by atoms with E-state index in [-0.39, 0.29) is 11.8 Å². The third-order valence-electron chi connectivity index (χ3n) is 6.08. The number of likely N-dealkylation sites (tertiary alicyclic amines) is 1. The number of aromatic amines is 1. The first-order valence-corrected chi connectivity index (χ1v) is 11.6.